The van der Waals surface area contributed by atoms with Crippen molar-refractivity contribution in [3.8, 4) is 0 Å². The highest BCUT2D eigenvalue weighted by molar-refractivity contribution is 5.74. The summed E-state index contributed by atoms with van der Waals surface area (Å²) in [5, 5.41) is 0. The highest BCUT2D eigenvalue weighted by atomic mass is 16.5. The van der Waals surface area contributed by atoms with E-state index >= 15 is 0 Å². The molecule has 3 aliphatic rings. The van der Waals surface area contributed by atoms with Crippen LogP contribution >= 0.6 is 0 Å². The van der Waals surface area contributed by atoms with Crippen LogP contribution in [0.5, 0.6) is 0 Å². The number of aromatic amines is 1. The molecule has 4 nitrogen and oxygen atoms in total. The molecule has 1 saturated carbocycles. The third-order valence-electron chi connectivity index (χ3n) is 7.56. The van der Waals surface area contributed by atoms with Crippen molar-refractivity contribution >= 4 is 11.0 Å². The Kier molecular flexibility index (Phi) is 5.38. The van der Waals surface area contributed by atoms with Crippen molar-refractivity contribution in [1.29, 1.82) is 0 Å². The Morgan fingerprint density at radius 2 is 1.87 bits per heavy atom. The van der Waals surface area contributed by atoms with Gasteiger partial charge in [-0.2, -0.15) is 0 Å². The molecule has 1 aromatic heterocycles. The predicted octanol–water partition coefficient (Wildman–Crippen LogP) is 5.27. The zero-order chi connectivity index (χ0) is 20.6. The number of para-hydroxylation sites is 2. The van der Waals surface area contributed by atoms with Crippen LogP contribution in [0.3, 0.4) is 0 Å². The fourth-order valence-corrected chi connectivity index (χ4v) is 5.93. The maximum Gasteiger partial charge on any atom is 0.107 e. The normalized spacial score (nSPS) is 25.2. The summed E-state index contributed by atoms with van der Waals surface area (Å²) in [6.07, 6.45) is 6.99. The second-order valence-corrected chi connectivity index (χ2v) is 9.29. The van der Waals surface area contributed by atoms with E-state index in [0.29, 0.717) is 11.8 Å². The van der Waals surface area contributed by atoms with Gasteiger partial charge in [0.05, 0.1) is 16.6 Å². The molecule has 1 heterocycles. The number of imidazole rings is 1. The van der Waals surface area contributed by atoms with Crippen molar-refractivity contribution in [3.05, 3.63) is 65.5 Å². The minimum atomic E-state index is 0.00423. The van der Waals surface area contributed by atoms with Crippen LogP contribution in [0.15, 0.2) is 48.5 Å². The maximum atomic E-state index is 6.29. The lowest BCUT2D eigenvalue weighted by Gasteiger charge is -2.52. The Labute approximate surface area is 179 Å². The standard InChI is InChI=1S/C26H33N3O/c1-29(16-7-12-25-27-23-10-5-6-11-24(23)28-25)17-15-26(30-2)18-19-13-14-22(26)21-9-4-3-8-20(19)21/h3-6,8-11,19,22H,7,12-18H2,1-2H3,(H,27,28)/t19-,22-,26+/m1/s1. The van der Waals surface area contributed by atoms with Crippen LogP contribution in [0, 0.1) is 0 Å². The van der Waals surface area contributed by atoms with Crippen LogP contribution in [0.1, 0.15) is 60.9 Å². The Balaban J connectivity index is 1.17. The summed E-state index contributed by atoms with van der Waals surface area (Å²) in [4.78, 5) is 10.6. The third kappa shape index (κ3) is 3.57. The van der Waals surface area contributed by atoms with Crippen LogP contribution in [0.2, 0.25) is 0 Å². The van der Waals surface area contributed by atoms with Gasteiger partial charge in [-0.15, -0.1) is 0 Å². The van der Waals surface area contributed by atoms with Crippen LogP contribution in [0.4, 0.5) is 0 Å². The summed E-state index contributed by atoms with van der Waals surface area (Å²) >= 11 is 0. The fourth-order valence-electron chi connectivity index (χ4n) is 5.93. The highest BCUT2D eigenvalue weighted by Gasteiger charge is 2.50. The Morgan fingerprint density at radius 1 is 1.07 bits per heavy atom. The van der Waals surface area contributed by atoms with Gasteiger partial charge in [-0.3, -0.25) is 0 Å². The smallest absolute Gasteiger partial charge is 0.107 e. The molecule has 0 unspecified atom stereocenters. The zero-order valence-electron chi connectivity index (χ0n) is 18.2. The number of rotatable bonds is 8. The fraction of sp³-hybridized carbons (Fsp3) is 0.500. The lowest BCUT2D eigenvalue weighted by atomic mass is 9.58. The van der Waals surface area contributed by atoms with Crippen molar-refractivity contribution in [3.63, 3.8) is 0 Å². The van der Waals surface area contributed by atoms with Gasteiger partial charge < -0.3 is 14.6 Å². The van der Waals surface area contributed by atoms with Gasteiger partial charge in [0, 0.05) is 26.0 Å². The molecule has 4 heteroatoms. The van der Waals surface area contributed by atoms with Gasteiger partial charge in [-0.25, -0.2) is 4.98 Å². The van der Waals surface area contributed by atoms with Crippen LogP contribution < -0.4 is 0 Å². The van der Waals surface area contributed by atoms with Gasteiger partial charge in [0.1, 0.15) is 5.82 Å². The monoisotopic (exact) mass is 403 g/mol. The van der Waals surface area contributed by atoms with E-state index in [9.17, 15) is 0 Å². The highest BCUT2D eigenvalue weighted by Crippen LogP contribution is 2.56. The summed E-state index contributed by atoms with van der Waals surface area (Å²) in [7, 11) is 4.18. The van der Waals surface area contributed by atoms with Crippen molar-refractivity contribution in [2.24, 2.45) is 0 Å². The molecule has 0 aliphatic heterocycles. The van der Waals surface area contributed by atoms with E-state index < -0.39 is 0 Å². The summed E-state index contributed by atoms with van der Waals surface area (Å²) in [5.74, 6) is 2.32. The molecule has 6 rings (SSSR count). The summed E-state index contributed by atoms with van der Waals surface area (Å²) in [6, 6.07) is 17.3. The summed E-state index contributed by atoms with van der Waals surface area (Å²) < 4.78 is 6.29. The molecule has 0 radical (unpaired) electrons. The molecule has 1 N–H and O–H groups in total. The molecule has 1 fully saturated rings. The topological polar surface area (TPSA) is 41.1 Å². The minimum Gasteiger partial charge on any atom is -0.378 e. The molecule has 3 aromatic rings. The van der Waals surface area contributed by atoms with E-state index in [1.807, 2.05) is 13.2 Å². The predicted molar refractivity (Wildman–Crippen MR) is 122 cm³/mol. The van der Waals surface area contributed by atoms with Crippen LogP contribution in [-0.2, 0) is 11.2 Å². The molecule has 30 heavy (non-hydrogen) atoms. The number of benzene rings is 2. The lowest BCUT2D eigenvalue weighted by Crippen LogP contribution is -2.48. The number of methoxy groups -OCH3 is 1. The average Bonchev–Trinajstić information content (AvgIpc) is 3.21. The minimum absolute atomic E-state index is 0.00423. The van der Waals surface area contributed by atoms with E-state index in [-0.39, 0.29) is 5.60 Å². The number of nitrogens with zero attached hydrogens (tertiary/aromatic N) is 2. The van der Waals surface area contributed by atoms with Crippen molar-refractivity contribution < 1.29 is 4.74 Å². The second-order valence-electron chi connectivity index (χ2n) is 9.29. The number of hydrogen-bond donors (Lipinski definition) is 1. The molecule has 2 bridgehead atoms. The van der Waals surface area contributed by atoms with E-state index in [4.69, 9.17) is 9.72 Å². The number of fused-ring (bicyclic) bond motifs is 3. The molecule has 3 aliphatic carbocycles. The average molecular weight is 404 g/mol. The first-order chi connectivity index (χ1) is 14.7. The molecule has 0 saturated heterocycles. The first-order valence-corrected chi connectivity index (χ1v) is 11.4. The van der Waals surface area contributed by atoms with Gasteiger partial charge in [0.2, 0.25) is 0 Å². The molecule has 2 aromatic carbocycles. The first kappa shape index (κ1) is 19.8. The largest absolute Gasteiger partial charge is 0.378 e. The number of nitrogens with one attached hydrogen (secondary N) is 1. The maximum absolute atomic E-state index is 6.29. The SMILES string of the molecule is CO[C@@]1(CCN(C)CCCc2nc3ccccc3[nH]2)C[C@H]2CC[C@@H]1c1ccccc12. The quantitative estimate of drug-likeness (QED) is 0.557. The zero-order valence-corrected chi connectivity index (χ0v) is 18.2. The summed E-state index contributed by atoms with van der Waals surface area (Å²) in [5.41, 5.74) is 5.34. The van der Waals surface area contributed by atoms with Crippen LogP contribution in [0.25, 0.3) is 11.0 Å². The van der Waals surface area contributed by atoms with E-state index in [1.165, 1.54) is 19.3 Å². The number of aromatic nitrogens is 2. The van der Waals surface area contributed by atoms with Gasteiger partial charge in [-0.05, 0) is 74.9 Å². The number of ether oxygens (including phenoxy) is 1. The Morgan fingerprint density at radius 3 is 2.70 bits per heavy atom. The van der Waals surface area contributed by atoms with Gasteiger partial charge in [0.15, 0.2) is 0 Å². The van der Waals surface area contributed by atoms with Gasteiger partial charge in [0.25, 0.3) is 0 Å². The van der Waals surface area contributed by atoms with E-state index in [2.05, 4.69) is 59.4 Å². The Hall–Kier alpha value is -2.17. The van der Waals surface area contributed by atoms with Gasteiger partial charge in [-0.1, -0.05) is 36.4 Å². The van der Waals surface area contributed by atoms with E-state index in [1.54, 1.807) is 11.1 Å². The molecular weight excluding hydrogens is 370 g/mol. The summed E-state index contributed by atoms with van der Waals surface area (Å²) in [6.45, 7) is 2.17. The van der Waals surface area contributed by atoms with Crippen LogP contribution in [-0.4, -0.2) is 47.7 Å². The first-order valence-electron chi connectivity index (χ1n) is 11.4. The molecule has 3 atom stereocenters. The second kappa shape index (κ2) is 8.16. The van der Waals surface area contributed by atoms with Crippen molar-refractivity contribution in [2.45, 2.75) is 56.0 Å². The number of aryl methyl sites for hydroxylation is 1. The van der Waals surface area contributed by atoms with Gasteiger partial charge >= 0.3 is 0 Å². The molecule has 158 valence electrons. The van der Waals surface area contributed by atoms with E-state index in [0.717, 1.165) is 49.2 Å². The Bertz CT molecular complexity index is 979. The van der Waals surface area contributed by atoms with Crippen molar-refractivity contribution in [2.75, 3.05) is 27.2 Å². The lowest BCUT2D eigenvalue weighted by molar-refractivity contribution is -0.0794. The number of H-pyrrole nitrogens is 1. The van der Waals surface area contributed by atoms with Crippen molar-refractivity contribution in [1.82, 2.24) is 14.9 Å². The number of hydrogen-bond acceptors (Lipinski definition) is 3. The third-order valence-corrected chi connectivity index (χ3v) is 7.56. The molecular formula is C26H33N3O. The molecule has 0 spiro atoms. The molecule has 0 amide bonds.